The molecule has 1 aromatic carbocycles. The molecule has 0 amide bonds. The van der Waals surface area contributed by atoms with Gasteiger partial charge in [-0.2, -0.15) is 0 Å². The molecule has 0 aliphatic carbocycles. The molecule has 3 aromatic rings. The minimum Gasteiger partial charge on any atom is -0.466 e. The predicted molar refractivity (Wildman–Crippen MR) is 128 cm³/mol. The number of ether oxygens (including phenoxy) is 2. The number of carbonyl (C=O) groups is 1. The van der Waals surface area contributed by atoms with Crippen LogP contribution in [-0.4, -0.2) is 29.2 Å². The first-order chi connectivity index (χ1) is 14.7. The van der Waals surface area contributed by atoms with Crippen molar-refractivity contribution in [3.05, 3.63) is 52.3 Å². The van der Waals surface area contributed by atoms with Crippen LogP contribution in [0.2, 0.25) is 0 Å². The minimum atomic E-state index is -0.671. The summed E-state index contributed by atoms with van der Waals surface area (Å²) in [6.45, 7) is 11.0. The van der Waals surface area contributed by atoms with Gasteiger partial charge in [-0.15, -0.1) is 0 Å². The molecule has 0 spiro atoms. The van der Waals surface area contributed by atoms with Crippen molar-refractivity contribution in [2.45, 2.75) is 53.7 Å². The lowest BCUT2D eigenvalue weighted by molar-refractivity contribution is -0.153. The predicted octanol–water partition coefficient (Wildman–Crippen LogP) is 6.32. The van der Waals surface area contributed by atoms with Gasteiger partial charge >= 0.3 is 5.97 Å². The third-order valence-corrected chi connectivity index (χ3v) is 6.22. The van der Waals surface area contributed by atoms with Gasteiger partial charge in [0.2, 0.25) is 0 Å². The number of nitrogens with zero attached hydrogens (tertiary/aromatic N) is 2. The fourth-order valence-electron chi connectivity index (χ4n) is 4.11. The first-order valence-corrected chi connectivity index (χ1v) is 11.5. The molecule has 0 bridgehead atoms. The summed E-state index contributed by atoms with van der Waals surface area (Å²) in [6, 6.07) is 10.4. The second kappa shape index (κ2) is 9.53. The maximum absolute atomic E-state index is 12.7. The maximum Gasteiger partial charge on any atom is 0.311 e. The second-order valence-corrected chi connectivity index (χ2v) is 9.24. The van der Waals surface area contributed by atoms with Crippen LogP contribution in [0.5, 0.6) is 0 Å². The molecule has 166 valence electrons. The van der Waals surface area contributed by atoms with Gasteiger partial charge in [-0.1, -0.05) is 15.9 Å². The molecule has 0 radical (unpaired) electrons. The van der Waals surface area contributed by atoms with Gasteiger partial charge in [0.05, 0.1) is 29.5 Å². The zero-order valence-corrected chi connectivity index (χ0v) is 20.7. The molecular weight excluding hydrogens is 456 g/mol. The van der Waals surface area contributed by atoms with Crippen molar-refractivity contribution in [2.24, 2.45) is 5.41 Å². The molecule has 31 heavy (non-hydrogen) atoms. The number of aromatic nitrogens is 2. The Labute approximate surface area is 192 Å². The number of carbonyl (C=O) groups excluding carboxylic acids is 1. The van der Waals surface area contributed by atoms with Crippen LogP contribution >= 0.6 is 15.9 Å². The first-order valence-electron chi connectivity index (χ1n) is 10.7. The van der Waals surface area contributed by atoms with Crippen LogP contribution in [0.4, 0.5) is 0 Å². The summed E-state index contributed by atoms with van der Waals surface area (Å²) < 4.78 is 14.3. The number of benzene rings is 1. The van der Waals surface area contributed by atoms with Crippen molar-refractivity contribution in [1.29, 1.82) is 0 Å². The third kappa shape index (κ3) is 4.55. The molecule has 3 rings (SSSR count). The highest BCUT2D eigenvalue weighted by molar-refractivity contribution is 9.10. The van der Waals surface area contributed by atoms with Crippen molar-refractivity contribution in [3.63, 3.8) is 0 Å². The number of halogens is 1. The summed E-state index contributed by atoms with van der Waals surface area (Å²) in [6.07, 6.45) is 2.19. The summed E-state index contributed by atoms with van der Waals surface area (Å²) in [5.74, 6) is -0.190. The SMILES string of the molecule is CCOC(=O)C(C)(C)Cc1c(-c2cccnc2[C@H](C)OC)n(CC)c2ccc(Br)cc12. The van der Waals surface area contributed by atoms with Gasteiger partial charge < -0.3 is 14.0 Å². The van der Waals surface area contributed by atoms with Crippen molar-refractivity contribution in [1.82, 2.24) is 9.55 Å². The summed E-state index contributed by atoms with van der Waals surface area (Å²) in [4.78, 5) is 17.4. The van der Waals surface area contributed by atoms with E-state index in [1.54, 1.807) is 13.3 Å². The summed E-state index contributed by atoms with van der Waals surface area (Å²) >= 11 is 3.63. The highest BCUT2D eigenvalue weighted by atomic mass is 79.9. The van der Waals surface area contributed by atoms with Gasteiger partial charge in [-0.05, 0) is 76.9 Å². The fraction of sp³-hybridized carbons (Fsp3) is 0.440. The summed E-state index contributed by atoms with van der Waals surface area (Å²) in [7, 11) is 1.69. The van der Waals surface area contributed by atoms with Crippen LogP contribution in [-0.2, 0) is 27.2 Å². The van der Waals surface area contributed by atoms with Crippen LogP contribution in [0.15, 0.2) is 41.0 Å². The lowest BCUT2D eigenvalue weighted by Gasteiger charge is -2.24. The number of hydrogen-bond donors (Lipinski definition) is 0. The zero-order chi connectivity index (χ0) is 22.8. The Hall–Kier alpha value is -2.18. The van der Waals surface area contributed by atoms with Gasteiger partial charge in [0, 0.05) is 40.8 Å². The number of rotatable bonds is 8. The molecule has 0 fully saturated rings. The topological polar surface area (TPSA) is 53.4 Å². The van der Waals surface area contributed by atoms with E-state index in [1.165, 1.54) is 0 Å². The van der Waals surface area contributed by atoms with Crippen LogP contribution in [0.25, 0.3) is 22.2 Å². The number of pyridine rings is 1. The van der Waals surface area contributed by atoms with E-state index in [2.05, 4.69) is 56.7 Å². The molecule has 0 aliphatic heterocycles. The Bertz CT molecular complexity index is 1090. The number of hydrogen-bond acceptors (Lipinski definition) is 4. The van der Waals surface area contributed by atoms with E-state index < -0.39 is 5.41 Å². The average Bonchev–Trinajstić information content (AvgIpc) is 3.05. The van der Waals surface area contributed by atoms with Crippen LogP contribution in [0.3, 0.4) is 0 Å². The highest BCUT2D eigenvalue weighted by Crippen LogP contribution is 2.41. The van der Waals surface area contributed by atoms with E-state index in [-0.39, 0.29) is 12.1 Å². The molecule has 0 unspecified atom stereocenters. The third-order valence-electron chi connectivity index (χ3n) is 5.73. The van der Waals surface area contributed by atoms with E-state index in [0.717, 1.165) is 44.4 Å². The Balaban J connectivity index is 2.34. The van der Waals surface area contributed by atoms with Gasteiger partial charge in [0.1, 0.15) is 0 Å². The second-order valence-electron chi connectivity index (χ2n) is 8.33. The molecule has 0 saturated carbocycles. The summed E-state index contributed by atoms with van der Waals surface area (Å²) in [5.41, 5.74) is 4.58. The van der Waals surface area contributed by atoms with E-state index in [9.17, 15) is 4.79 Å². The highest BCUT2D eigenvalue weighted by Gasteiger charge is 2.33. The molecule has 2 heterocycles. The van der Waals surface area contributed by atoms with Crippen molar-refractivity contribution < 1.29 is 14.3 Å². The maximum atomic E-state index is 12.7. The molecule has 0 N–H and O–H groups in total. The van der Waals surface area contributed by atoms with Crippen molar-refractivity contribution in [3.8, 4) is 11.3 Å². The first kappa shape index (κ1) is 23.5. The molecule has 0 aliphatic rings. The van der Waals surface area contributed by atoms with Crippen LogP contribution in [0.1, 0.15) is 52.0 Å². The van der Waals surface area contributed by atoms with Crippen molar-refractivity contribution in [2.75, 3.05) is 13.7 Å². The van der Waals surface area contributed by atoms with Gasteiger partial charge in [0.25, 0.3) is 0 Å². The van der Waals surface area contributed by atoms with Gasteiger partial charge in [-0.25, -0.2) is 0 Å². The minimum absolute atomic E-state index is 0.155. The van der Waals surface area contributed by atoms with E-state index >= 15 is 0 Å². The monoisotopic (exact) mass is 486 g/mol. The van der Waals surface area contributed by atoms with Gasteiger partial charge in [0.15, 0.2) is 0 Å². The van der Waals surface area contributed by atoms with Crippen molar-refractivity contribution >= 4 is 32.8 Å². The molecule has 6 heteroatoms. The molecular formula is C25H31BrN2O3. The standard InChI is InChI=1S/C25H31BrN2O3/c1-7-28-21-12-11-17(26)14-19(21)20(15-25(4,5)24(29)31-8-2)23(28)18-10-9-13-27-22(18)16(3)30-6/h9-14,16H,7-8,15H2,1-6H3/t16-/m0/s1. The Kier molecular flexibility index (Phi) is 7.22. The van der Waals surface area contributed by atoms with E-state index in [0.29, 0.717) is 13.0 Å². The fourth-order valence-corrected chi connectivity index (χ4v) is 4.47. The molecule has 5 nitrogen and oxygen atoms in total. The Morgan fingerprint density at radius 1 is 1.26 bits per heavy atom. The van der Waals surface area contributed by atoms with E-state index in [1.807, 2.05) is 33.8 Å². The number of aryl methyl sites for hydroxylation is 1. The van der Waals surface area contributed by atoms with Crippen LogP contribution in [0, 0.1) is 5.41 Å². The smallest absolute Gasteiger partial charge is 0.311 e. The van der Waals surface area contributed by atoms with Gasteiger partial charge in [-0.3, -0.25) is 9.78 Å². The lowest BCUT2D eigenvalue weighted by Crippen LogP contribution is -2.29. The average molecular weight is 487 g/mol. The molecule has 0 saturated heterocycles. The number of methoxy groups -OCH3 is 1. The lowest BCUT2D eigenvalue weighted by atomic mass is 9.83. The number of esters is 1. The molecule has 1 atom stereocenters. The number of fused-ring (bicyclic) bond motifs is 1. The molecule has 2 aromatic heterocycles. The quantitative estimate of drug-likeness (QED) is 0.349. The van der Waals surface area contributed by atoms with E-state index in [4.69, 9.17) is 9.47 Å². The summed E-state index contributed by atoms with van der Waals surface area (Å²) in [5, 5.41) is 1.13. The Morgan fingerprint density at radius 2 is 2.00 bits per heavy atom. The largest absolute Gasteiger partial charge is 0.466 e. The zero-order valence-electron chi connectivity index (χ0n) is 19.2. The normalized spacial score (nSPS) is 12.9. The Morgan fingerprint density at radius 3 is 2.65 bits per heavy atom. The van der Waals surface area contributed by atoms with Crippen LogP contribution < -0.4 is 0 Å².